The zero-order valence-electron chi connectivity index (χ0n) is 8.24. The highest BCUT2D eigenvalue weighted by molar-refractivity contribution is 6.49. The topological polar surface area (TPSA) is 74.6 Å². The number of hydrogen-bond donors (Lipinski definition) is 2. The quantitative estimate of drug-likeness (QED) is 0.677. The van der Waals surface area contributed by atoms with Gasteiger partial charge in [-0.05, 0) is 18.6 Å². The van der Waals surface area contributed by atoms with E-state index in [9.17, 15) is 19.8 Å². The van der Waals surface area contributed by atoms with Crippen LogP contribution in [0.1, 0.15) is 26.3 Å². The van der Waals surface area contributed by atoms with E-state index < -0.39 is 23.1 Å². The van der Waals surface area contributed by atoms with Crippen molar-refractivity contribution in [2.24, 2.45) is 0 Å². The summed E-state index contributed by atoms with van der Waals surface area (Å²) in [5, 5.41) is 18.8. The van der Waals surface area contributed by atoms with Crippen LogP contribution >= 0.6 is 11.6 Å². The predicted octanol–water partition coefficient (Wildman–Crippen LogP) is 1.91. The molecule has 0 saturated carbocycles. The number of allylic oxidation sites excluding steroid dienone is 2. The normalized spacial score (nSPS) is 14.8. The molecule has 0 atom stereocenters. The standard InChI is InChI=1S/C11H7ClO4/c1-4-2-5-7(13)3-6(12)10(15)8(5)11(16)9(4)14/h2-3,14,16H,1H3. The summed E-state index contributed by atoms with van der Waals surface area (Å²) in [5.41, 5.74) is 0.145. The van der Waals surface area contributed by atoms with Gasteiger partial charge in [0.25, 0.3) is 0 Å². The highest BCUT2D eigenvalue weighted by atomic mass is 35.5. The van der Waals surface area contributed by atoms with Crippen LogP contribution in [0.5, 0.6) is 11.5 Å². The van der Waals surface area contributed by atoms with Crippen molar-refractivity contribution >= 4 is 23.2 Å². The Kier molecular flexibility index (Phi) is 2.24. The lowest BCUT2D eigenvalue weighted by Crippen LogP contribution is -2.15. The van der Waals surface area contributed by atoms with E-state index >= 15 is 0 Å². The third-order valence-electron chi connectivity index (χ3n) is 2.43. The Morgan fingerprint density at radius 1 is 1.19 bits per heavy atom. The highest BCUT2D eigenvalue weighted by Crippen LogP contribution is 2.38. The van der Waals surface area contributed by atoms with E-state index in [-0.39, 0.29) is 16.2 Å². The smallest absolute Gasteiger partial charge is 0.209 e. The lowest BCUT2D eigenvalue weighted by atomic mass is 9.91. The van der Waals surface area contributed by atoms with Crippen LogP contribution in [-0.4, -0.2) is 21.8 Å². The molecular formula is C11H7ClO4. The number of halogens is 1. The Morgan fingerprint density at radius 2 is 1.81 bits per heavy atom. The summed E-state index contributed by atoms with van der Waals surface area (Å²) in [6, 6.07) is 1.35. The maximum atomic E-state index is 11.6. The van der Waals surface area contributed by atoms with E-state index in [1.165, 1.54) is 13.0 Å². The van der Waals surface area contributed by atoms with Crippen molar-refractivity contribution in [3.8, 4) is 11.5 Å². The minimum Gasteiger partial charge on any atom is -0.504 e. The first-order valence-corrected chi connectivity index (χ1v) is 4.83. The van der Waals surface area contributed by atoms with E-state index in [1.54, 1.807) is 0 Å². The second kappa shape index (κ2) is 3.35. The lowest BCUT2D eigenvalue weighted by Gasteiger charge is -2.15. The zero-order valence-corrected chi connectivity index (χ0v) is 9.00. The molecule has 4 nitrogen and oxygen atoms in total. The minimum absolute atomic E-state index is 0.0576. The number of benzene rings is 1. The van der Waals surface area contributed by atoms with Crippen molar-refractivity contribution in [3.05, 3.63) is 33.9 Å². The average molecular weight is 239 g/mol. The number of carbonyl (C=O) groups is 2. The number of aromatic hydroxyl groups is 2. The molecule has 2 N–H and O–H groups in total. The molecule has 1 aliphatic rings. The summed E-state index contributed by atoms with van der Waals surface area (Å²) in [7, 11) is 0. The summed E-state index contributed by atoms with van der Waals surface area (Å²) in [4.78, 5) is 23.2. The Hall–Kier alpha value is -1.81. The SMILES string of the molecule is Cc1cc2c(c(O)c1O)C(=O)C(Cl)=CC2=O. The Balaban J connectivity index is 2.83. The number of carbonyl (C=O) groups excluding carboxylic acids is 2. The molecule has 0 saturated heterocycles. The van der Waals surface area contributed by atoms with Crippen molar-refractivity contribution in [2.45, 2.75) is 6.92 Å². The van der Waals surface area contributed by atoms with Crippen LogP contribution in [0.3, 0.4) is 0 Å². The number of phenols is 2. The van der Waals surface area contributed by atoms with Gasteiger partial charge in [-0.2, -0.15) is 0 Å². The molecule has 0 aliphatic heterocycles. The first kappa shape index (κ1) is 10.7. The van der Waals surface area contributed by atoms with Crippen LogP contribution in [0.25, 0.3) is 0 Å². The molecular weight excluding hydrogens is 232 g/mol. The van der Waals surface area contributed by atoms with Crippen molar-refractivity contribution in [1.82, 2.24) is 0 Å². The molecule has 1 aromatic carbocycles. The summed E-state index contributed by atoms with van der Waals surface area (Å²) in [6.45, 7) is 1.52. The lowest BCUT2D eigenvalue weighted by molar-refractivity contribution is 0.0987. The molecule has 0 amide bonds. The minimum atomic E-state index is -0.663. The predicted molar refractivity (Wildman–Crippen MR) is 57.1 cm³/mol. The molecule has 0 unspecified atom stereocenters. The molecule has 1 aromatic rings. The summed E-state index contributed by atoms with van der Waals surface area (Å²) >= 11 is 5.55. The van der Waals surface area contributed by atoms with Gasteiger partial charge in [-0.1, -0.05) is 11.6 Å². The van der Waals surface area contributed by atoms with Crippen LogP contribution in [0, 0.1) is 6.92 Å². The van der Waals surface area contributed by atoms with Crippen molar-refractivity contribution in [3.63, 3.8) is 0 Å². The number of phenolic OH excluding ortho intramolecular Hbond substituents is 2. The number of fused-ring (bicyclic) bond motifs is 1. The van der Waals surface area contributed by atoms with Gasteiger partial charge in [0.1, 0.15) is 0 Å². The Morgan fingerprint density at radius 3 is 2.44 bits per heavy atom. The molecule has 0 aromatic heterocycles. The van der Waals surface area contributed by atoms with Gasteiger partial charge in [0, 0.05) is 11.6 Å². The molecule has 1 aliphatic carbocycles. The molecule has 16 heavy (non-hydrogen) atoms. The first-order chi connectivity index (χ1) is 7.43. The second-order valence-electron chi connectivity index (χ2n) is 3.50. The van der Waals surface area contributed by atoms with Gasteiger partial charge in [0.15, 0.2) is 17.3 Å². The fourth-order valence-corrected chi connectivity index (χ4v) is 1.79. The van der Waals surface area contributed by atoms with Gasteiger partial charge >= 0.3 is 0 Å². The molecule has 0 fully saturated rings. The third kappa shape index (κ3) is 1.31. The van der Waals surface area contributed by atoms with E-state index in [4.69, 9.17) is 11.6 Å². The van der Waals surface area contributed by atoms with Crippen molar-refractivity contribution in [2.75, 3.05) is 0 Å². The summed E-state index contributed by atoms with van der Waals surface area (Å²) < 4.78 is 0. The maximum Gasteiger partial charge on any atom is 0.209 e. The van der Waals surface area contributed by atoms with Crippen LogP contribution in [0.15, 0.2) is 17.2 Å². The molecule has 82 valence electrons. The van der Waals surface area contributed by atoms with Crippen molar-refractivity contribution in [1.29, 1.82) is 0 Å². The van der Waals surface area contributed by atoms with E-state index in [0.29, 0.717) is 5.56 Å². The third-order valence-corrected chi connectivity index (χ3v) is 2.71. The van der Waals surface area contributed by atoms with Gasteiger partial charge in [-0.3, -0.25) is 9.59 Å². The van der Waals surface area contributed by atoms with Crippen LogP contribution in [0.4, 0.5) is 0 Å². The van der Waals surface area contributed by atoms with E-state index in [2.05, 4.69) is 0 Å². The van der Waals surface area contributed by atoms with Gasteiger partial charge in [-0.25, -0.2) is 0 Å². The van der Waals surface area contributed by atoms with Gasteiger partial charge in [0.05, 0.1) is 10.6 Å². The molecule has 2 rings (SSSR count). The van der Waals surface area contributed by atoms with Gasteiger partial charge in [0.2, 0.25) is 5.78 Å². The molecule has 0 radical (unpaired) electrons. The van der Waals surface area contributed by atoms with Gasteiger partial charge < -0.3 is 10.2 Å². The number of aryl methyl sites for hydroxylation is 1. The van der Waals surface area contributed by atoms with Crippen LogP contribution in [-0.2, 0) is 0 Å². The molecule has 0 bridgehead atoms. The largest absolute Gasteiger partial charge is 0.504 e. The fourth-order valence-electron chi connectivity index (χ4n) is 1.59. The monoisotopic (exact) mass is 238 g/mol. The van der Waals surface area contributed by atoms with Gasteiger partial charge in [-0.15, -0.1) is 0 Å². The highest BCUT2D eigenvalue weighted by Gasteiger charge is 2.30. The number of Topliss-reactive ketones (excluding diaryl/α,β-unsaturated/α-hetero) is 1. The Bertz CT molecular complexity index is 558. The number of ketones is 2. The Labute approximate surface area is 95.8 Å². The number of rotatable bonds is 0. The second-order valence-corrected chi connectivity index (χ2v) is 3.91. The summed E-state index contributed by atoms with van der Waals surface area (Å²) in [6.07, 6.45) is 1.00. The van der Waals surface area contributed by atoms with Crippen LogP contribution < -0.4 is 0 Å². The maximum absolute atomic E-state index is 11.6. The molecule has 0 heterocycles. The summed E-state index contributed by atoms with van der Waals surface area (Å²) in [5.74, 6) is -2.13. The van der Waals surface area contributed by atoms with E-state index in [0.717, 1.165) is 6.08 Å². The molecule has 5 heteroatoms. The zero-order chi connectivity index (χ0) is 12.0. The first-order valence-electron chi connectivity index (χ1n) is 4.45. The van der Waals surface area contributed by atoms with E-state index in [1.807, 2.05) is 0 Å². The molecule has 0 spiro atoms. The van der Waals surface area contributed by atoms with Crippen LogP contribution in [0.2, 0.25) is 0 Å². The number of hydrogen-bond acceptors (Lipinski definition) is 4. The van der Waals surface area contributed by atoms with Crippen molar-refractivity contribution < 1.29 is 19.8 Å². The average Bonchev–Trinajstić information content (AvgIpc) is 2.22. The fraction of sp³-hybridized carbons (Fsp3) is 0.0909.